The van der Waals surface area contributed by atoms with Crippen molar-refractivity contribution in [1.29, 1.82) is 0 Å². The van der Waals surface area contributed by atoms with E-state index in [2.05, 4.69) is 21.2 Å². The Morgan fingerprint density at radius 3 is 2.74 bits per heavy atom. The zero-order chi connectivity index (χ0) is 17.3. The number of thioether (sulfide) groups is 1. The third kappa shape index (κ3) is 5.14. The first kappa shape index (κ1) is 18.1. The first-order valence-corrected chi connectivity index (χ1v) is 9.14. The number of ether oxygens (including phenoxy) is 1. The lowest BCUT2D eigenvalue weighted by Crippen LogP contribution is -2.38. The van der Waals surface area contributed by atoms with Crippen molar-refractivity contribution in [2.75, 3.05) is 11.5 Å². The maximum atomic E-state index is 11.9. The van der Waals surface area contributed by atoms with Crippen LogP contribution in [-0.2, 0) is 10.3 Å². The van der Waals surface area contributed by atoms with Crippen molar-refractivity contribution in [3.05, 3.63) is 28.2 Å². The molecule has 0 aromatic heterocycles. The van der Waals surface area contributed by atoms with Crippen LogP contribution in [0.2, 0.25) is 0 Å². The third-order valence-electron chi connectivity index (χ3n) is 3.33. The Balaban J connectivity index is 2.21. The van der Waals surface area contributed by atoms with Crippen LogP contribution in [0, 0.1) is 0 Å². The van der Waals surface area contributed by atoms with Crippen LogP contribution in [0.1, 0.15) is 39.7 Å². The van der Waals surface area contributed by atoms with Crippen molar-refractivity contribution in [3.8, 4) is 0 Å². The molecular formula is C16H22BrN3O2S. The summed E-state index contributed by atoms with van der Waals surface area (Å²) in [7, 11) is 0. The topological polar surface area (TPSA) is 76.7 Å². The van der Waals surface area contributed by atoms with Gasteiger partial charge in [-0.15, -0.1) is 0 Å². The Labute approximate surface area is 149 Å². The fraction of sp³-hybridized carbons (Fsp3) is 0.500. The number of aliphatic imine (C=N–C) groups is 1. The summed E-state index contributed by atoms with van der Waals surface area (Å²) < 4.78 is 6.20. The zero-order valence-corrected chi connectivity index (χ0v) is 16.2. The first-order chi connectivity index (χ1) is 10.6. The smallest absolute Gasteiger partial charge is 0.413 e. The lowest BCUT2D eigenvalue weighted by molar-refractivity contribution is 0.0564. The highest BCUT2D eigenvalue weighted by Gasteiger charge is 2.31. The van der Waals surface area contributed by atoms with Crippen LogP contribution in [0.5, 0.6) is 0 Å². The van der Waals surface area contributed by atoms with Crippen molar-refractivity contribution < 1.29 is 9.53 Å². The summed E-state index contributed by atoms with van der Waals surface area (Å²) in [6, 6.07) is 5.80. The van der Waals surface area contributed by atoms with Gasteiger partial charge in [0.25, 0.3) is 0 Å². The number of rotatable bonds is 1. The van der Waals surface area contributed by atoms with Crippen LogP contribution in [0.15, 0.2) is 27.7 Å². The molecule has 0 bridgehead atoms. The number of nitrogens with one attached hydrogen (secondary N) is 1. The lowest BCUT2D eigenvalue weighted by atomic mass is 9.89. The minimum absolute atomic E-state index is 0.423. The molecule has 1 aliphatic heterocycles. The number of amides is 1. The van der Waals surface area contributed by atoms with Crippen LogP contribution in [-0.4, -0.2) is 22.6 Å². The van der Waals surface area contributed by atoms with E-state index in [0.717, 1.165) is 22.2 Å². The minimum atomic E-state index is -0.536. The molecule has 3 N–H and O–H groups in total. The molecule has 1 aromatic rings. The van der Waals surface area contributed by atoms with E-state index in [1.165, 1.54) is 11.8 Å². The predicted octanol–water partition coefficient (Wildman–Crippen LogP) is 4.26. The molecule has 1 aromatic carbocycles. The highest BCUT2D eigenvalue weighted by atomic mass is 79.9. The normalized spacial score (nSPS) is 21.5. The first-order valence-electron chi connectivity index (χ1n) is 7.37. The maximum absolute atomic E-state index is 11.9. The van der Waals surface area contributed by atoms with Crippen LogP contribution in [0.3, 0.4) is 0 Å². The average molecular weight is 400 g/mol. The molecule has 1 heterocycles. The lowest BCUT2D eigenvalue weighted by Gasteiger charge is -2.31. The number of nitrogen functional groups attached to an aromatic ring is 1. The fourth-order valence-corrected chi connectivity index (χ4v) is 3.87. The molecule has 1 amide bonds. The van der Waals surface area contributed by atoms with Crippen molar-refractivity contribution >= 4 is 44.6 Å². The number of anilines is 1. The molecule has 126 valence electrons. The molecule has 0 saturated carbocycles. The molecule has 0 fully saturated rings. The van der Waals surface area contributed by atoms with Crippen molar-refractivity contribution in [1.82, 2.24) is 5.32 Å². The molecule has 0 spiro atoms. The number of amidine groups is 1. The van der Waals surface area contributed by atoms with E-state index >= 15 is 0 Å². The van der Waals surface area contributed by atoms with Crippen molar-refractivity contribution in [2.24, 2.45) is 4.99 Å². The molecule has 1 unspecified atom stereocenters. The summed E-state index contributed by atoms with van der Waals surface area (Å²) in [5.41, 5.74) is 6.68. The molecular weight excluding hydrogens is 378 g/mol. The standard InChI is InChI=1S/C16H22BrN3O2S/c1-15(2,3)22-14(21)19-13-20-16(4,5-6-23-13)10-7-11(17)9-12(18)8-10/h7-9H,5-6,18H2,1-4H3,(H,19,20,21). The van der Waals surface area contributed by atoms with E-state index in [4.69, 9.17) is 15.5 Å². The molecule has 5 nitrogen and oxygen atoms in total. The van der Waals surface area contributed by atoms with Gasteiger partial charge in [0.1, 0.15) is 5.60 Å². The van der Waals surface area contributed by atoms with E-state index in [0.29, 0.717) is 10.9 Å². The van der Waals surface area contributed by atoms with E-state index in [1.807, 2.05) is 45.9 Å². The number of nitrogens with two attached hydrogens (primary N) is 1. The largest absolute Gasteiger partial charge is 0.444 e. The Bertz CT molecular complexity index is 622. The second-order valence-corrected chi connectivity index (χ2v) is 8.69. The summed E-state index contributed by atoms with van der Waals surface area (Å²) in [4.78, 5) is 16.7. The summed E-state index contributed by atoms with van der Waals surface area (Å²) in [5, 5.41) is 3.31. The number of nitrogens with zero attached hydrogens (tertiary/aromatic N) is 1. The van der Waals surface area contributed by atoms with Gasteiger partial charge in [-0.05, 0) is 57.9 Å². The van der Waals surface area contributed by atoms with Gasteiger partial charge in [0.2, 0.25) is 0 Å². The summed E-state index contributed by atoms with van der Waals surface area (Å²) in [6.07, 6.45) is 0.384. The quantitative estimate of drug-likeness (QED) is 0.691. The van der Waals surface area contributed by atoms with Crippen LogP contribution < -0.4 is 11.1 Å². The maximum Gasteiger partial charge on any atom is 0.413 e. The fourth-order valence-electron chi connectivity index (χ4n) is 2.25. The van der Waals surface area contributed by atoms with Crippen LogP contribution >= 0.6 is 27.7 Å². The summed E-state index contributed by atoms with van der Waals surface area (Å²) >= 11 is 4.99. The van der Waals surface area contributed by atoms with Gasteiger partial charge in [-0.1, -0.05) is 27.7 Å². The molecule has 1 aliphatic rings. The van der Waals surface area contributed by atoms with Gasteiger partial charge in [-0.25, -0.2) is 4.79 Å². The van der Waals surface area contributed by atoms with E-state index in [9.17, 15) is 4.79 Å². The van der Waals surface area contributed by atoms with Gasteiger partial charge in [-0.2, -0.15) is 0 Å². The number of carbonyl (C=O) groups is 1. The van der Waals surface area contributed by atoms with Gasteiger partial charge < -0.3 is 10.5 Å². The monoisotopic (exact) mass is 399 g/mol. The van der Waals surface area contributed by atoms with Gasteiger partial charge in [-0.3, -0.25) is 10.3 Å². The Hall–Kier alpha value is -1.21. The van der Waals surface area contributed by atoms with Gasteiger partial charge in [0, 0.05) is 15.9 Å². The number of halogens is 1. The Morgan fingerprint density at radius 2 is 2.13 bits per heavy atom. The molecule has 0 saturated heterocycles. The molecule has 23 heavy (non-hydrogen) atoms. The van der Waals surface area contributed by atoms with Gasteiger partial charge >= 0.3 is 6.09 Å². The Kier molecular flexibility index (Phi) is 5.30. The minimum Gasteiger partial charge on any atom is -0.444 e. The second kappa shape index (κ2) is 6.73. The SMILES string of the molecule is CC(C)(C)OC(=O)NC1=NC(C)(c2cc(N)cc(Br)c2)CCS1. The molecule has 1 atom stereocenters. The predicted molar refractivity (Wildman–Crippen MR) is 99.8 cm³/mol. The summed E-state index contributed by atoms with van der Waals surface area (Å²) in [6.45, 7) is 7.54. The highest BCUT2D eigenvalue weighted by Crippen LogP contribution is 2.37. The molecule has 7 heteroatoms. The highest BCUT2D eigenvalue weighted by molar-refractivity contribution is 9.10. The van der Waals surface area contributed by atoms with E-state index < -0.39 is 17.2 Å². The van der Waals surface area contributed by atoms with Gasteiger partial charge in [0.15, 0.2) is 5.17 Å². The van der Waals surface area contributed by atoms with Crippen molar-refractivity contribution in [3.63, 3.8) is 0 Å². The number of carbonyl (C=O) groups excluding carboxylic acids is 1. The second-order valence-electron chi connectivity index (χ2n) is 6.69. The van der Waals surface area contributed by atoms with Gasteiger partial charge in [0.05, 0.1) is 5.54 Å². The summed E-state index contributed by atoms with van der Waals surface area (Å²) in [5.74, 6) is 0.859. The van der Waals surface area contributed by atoms with Crippen molar-refractivity contribution in [2.45, 2.75) is 45.3 Å². The number of hydrogen-bond donors (Lipinski definition) is 2. The number of benzene rings is 1. The zero-order valence-electron chi connectivity index (χ0n) is 13.8. The molecule has 2 rings (SSSR count). The third-order valence-corrected chi connectivity index (χ3v) is 4.66. The number of alkyl carbamates (subject to hydrolysis) is 1. The number of hydrogen-bond acceptors (Lipinski definition) is 5. The van der Waals surface area contributed by atoms with E-state index in [-0.39, 0.29) is 0 Å². The molecule has 0 radical (unpaired) electrons. The van der Waals surface area contributed by atoms with Crippen LogP contribution in [0.4, 0.5) is 10.5 Å². The average Bonchev–Trinajstić information content (AvgIpc) is 2.35. The Morgan fingerprint density at radius 1 is 1.43 bits per heavy atom. The van der Waals surface area contributed by atoms with E-state index in [1.54, 1.807) is 0 Å². The molecule has 0 aliphatic carbocycles. The van der Waals surface area contributed by atoms with Crippen LogP contribution in [0.25, 0.3) is 0 Å².